The van der Waals surface area contributed by atoms with Gasteiger partial charge in [-0.15, -0.1) is 5.10 Å². The van der Waals surface area contributed by atoms with Crippen LogP contribution < -0.4 is 4.74 Å². The molecule has 3 fully saturated rings. The van der Waals surface area contributed by atoms with Gasteiger partial charge >= 0.3 is 0 Å². The first-order valence-corrected chi connectivity index (χ1v) is 10.6. The summed E-state index contributed by atoms with van der Waals surface area (Å²) in [5.41, 5.74) is 4.11. The molecule has 3 aromatic rings. The average Bonchev–Trinajstić information content (AvgIpc) is 3.47. The Morgan fingerprint density at radius 2 is 2.20 bits per heavy atom. The van der Waals surface area contributed by atoms with Gasteiger partial charge in [-0.05, 0) is 68.4 Å². The van der Waals surface area contributed by atoms with Crippen molar-refractivity contribution in [3.8, 4) is 11.8 Å². The summed E-state index contributed by atoms with van der Waals surface area (Å²) in [5, 5.41) is 19.3. The maximum atomic E-state index is 9.40. The molecule has 1 aromatic carbocycles. The lowest BCUT2D eigenvalue weighted by Crippen LogP contribution is -2.44. The van der Waals surface area contributed by atoms with E-state index in [9.17, 15) is 5.26 Å². The Morgan fingerprint density at radius 1 is 1.30 bits per heavy atom. The first kappa shape index (κ1) is 17.8. The third-order valence-corrected chi connectivity index (χ3v) is 7.16. The Morgan fingerprint density at radius 3 is 3.03 bits per heavy atom. The Kier molecular flexibility index (Phi) is 3.72. The largest absolute Gasteiger partial charge is 0.484 e. The monoisotopic (exact) mass is 401 g/mol. The van der Waals surface area contributed by atoms with Crippen molar-refractivity contribution in [1.82, 2.24) is 20.0 Å². The maximum absolute atomic E-state index is 9.40. The third-order valence-electron chi connectivity index (χ3n) is 7.16. The van der Waals surface area contributed by atoms with Crippen molar-refractivity contribution in [3.05, 3.63) is 47.4 Å². The Hall–Kier alpha value is -2.98. The smallest absolute Gasteiger partial charge is 0.141 e. The number of ether oxygens (including phenoxy) is 2. The van der Waals surface area contributed by atoms with E-state index >= 15 is 0 Å². The van der Waals surface area contributed by atoms with Crippen LogP contribution >= 0.6 is 0 Å². The van der Waals surface area contributed by atoms with E-state index in [1.807, 2.05) is 36.1 Å². The van der Waals surface area contributed by atoms with Gasteiger partial charge in [-0.25, -0.2) is 4.68 Å². The van der Waals surface area contributed by atoms with Crippen molar-refractivity contribution in [1.29, 1.82) is 5.26 Å². The van der Waals surface area contributed by atoms with Crippen LogP contribution in [0.4, 0.5) is 0 Å². The van der Waals surface area contributed by atoms with Gasteiger partial charge in [-0.1, -0.05) is 5.21 Å². The maximum Gasteiger partial charge on any atom is 0.141 e. The minimum Gasteiger partial charge on any atom is -0.484 e. The van der Waals surface area contributed by atoms with Crippen molar-refractivity contribution >= 4 is 10.9 Å². The molecule has 0 amide bonds. The highest BCUT2D eigenvalue weighted by Gasteiger charge is 2.63. The van der Waals surface area contributed by atoms with Crippen LogP contribution in [0, 0.1) is 16.7 Å². The van der Waals surface area contributed by atoms with Gasteiger partial charge in [-0.2, -0.15) is 5.26 Å². The molecule has 3 saturated carbocycles. The van der Waals surface area contributed by atoms with E-state index in [2.05, 4.69) is 27.4 Å². The summed E-state index contributed by atoms with van der Waals surface area (Å²) in [6.07, 6.45) is 8.35. The molecule has 2 aromatic heterocycles. The number of hydrogen-bond acceptors (Lipinski definition) is 6. The van der Waals surface area contributed by atoms with Crippen LogP contribution in [0.15, 0.2) is 30.6 Å². The first-order valence-electron chi connectivity index (χ1n) is 10.6. The lowest BCUT2D eigenvalue weighted by Gasteiger charge is -2.42. The van der Waals surface area contributed by atoms with Gasteiger partial charge in [0.25, 0.3) is 0 Å². The van der Waals surface area contributed by atoms with Crippen LogP contribution in [0.3, 0.4) is 0 Å². The highest BCUT2D eigenvalue weighted by atomic mass is 16.5. The minimum absolute atomic E-state index is 0.0174. The summed E-state index contributed by atoms with van der Waals surface area (Å²) < 4.78 is 13.8. The standard InChI is InChI=1S/C23H23N5O2/c1-15(21-10-28(27-26-21)23-6-5-22(12-23,13-23)14-24)30-17-2-3-20-19(8-17)18-4-7-29-11-16(18)9-25-20/h2-3,8-10,15H,4-7,11-13H2,1H3/t15-,22?,23?/m1/s1. The van der Waals surface area contributed by atoms with Crippen molar-refractivity contribution in [2.24, 2.45) is 5.41 Å². The molecule has 0 N–H and O–H groups in total. The molecule has 7 rings (SSSR count). The molecule has 0 spiro atoms. The topological polar surface area (TPSA) is 85.9 Å². The van der Waals surface area contributed by atoms with Crippen molar-refractivity contribution in [2.45, 2.75) is 57.3 Å². The molecule has 3 heterocycles. The van der Waals surface area contributed by atoms with E-state index in [-0.39, 0.29) is 17.1 Å². The van der Waals surface area contributed by atoms with Gasteiger partial charge in [0.05, 0.1) is 42.0 Å². The number of nitriles is 1. The summed E-state index contributed by atoms with van der Waals surface area (Å²) in [6, 6.07) is 8.55. The van der Waals surface area contributed by atoms with Crippen molar-refractivity contribution in [3.63, 3.8) is 0 Å². The molecular formula is C23H23N5O2. The zero-order valence-electron chi connectivity index (χ0n) is 17.0. The lowest BCUT2D eigenvalue weighted by atomic mass is 9.66. The Labute approximate surface area is 174 Å². The number of benzene rings is 1. The Bertz CT molecular complexity index is 1190. The van der Waals surface area contributed by atoms with Crippen LogP contribution in [0.2, 0.25) is 0 Å². The van der Waals surface area contributed by atoms with E-state index in [0.717, 1.165) is 66.6 Å². The fraction of sp³-hybridized carbons (Fsp3) is 0.478. The highest BCUT2D eigenvalue weighted by Crippen LogP contribution is 2.64. The third kappa shape index (κ3) is 2.56. The SMILES string of the molecule is C[C@@H](Oc1ccc2ncc3c(c2c1)CCOC3)c1cn(C23CCC(C#N)(C2)C3)nn1. The molecule has 30 heavy (non-hydrogen) atoms. The molecule has 2 bridgehead atoms. The van der Waals surface area contributed by atoms with Crippen LogP contribution in [0.5, 0.6) is 5.75 Å². The van der Waals surface area contributed by atoms with Gasteiger partial charge in [0, 0.05) is 11.6 Å². The molecule has 7 heteroatoms. The number of fused-ring (bicyclic) bond motifs is 4. The highest BCUT2D eigenvalue weighted by molar-refractivity contribution is 5.84. The summed E-state index contributed by atoms with van der Waals surface area (Å²) in [6.45, 7) is 3.36. The normalized spacial score (nSPS) is 27.9. The zero-order chi connectivity index (χ0) is 20.3. The molecule has 1 atom stereocenters. The van der Waals surface area contributed by atoms with E-state index < -0.39 is 0 Å². The van der Waals surface area contributed by atoms with E-state index in [4.69, 9.17) is 9.47 Å². The van der Waals surface area contributed by atoms with Crippen LogP contribution in [0.25, 0.3) is 10.9 Å². The molecule has 1 aliphatic heterocycles. The second-order valence-electron chi connectivity index (χ2n) is 9.06. The van der Waals surface area contributed by atoms with E-state index in [1.165, 1.54) is 5.56 Å². The number of nitrogens with zero attached hydrogens (tertiary/aromatic N) is 5. The quantitative estimate of drug-likeness (QED) is 0.660. The van der Waals surface area contributed by atoms with Gasteiger partial charge < -0.3 is 9.47 Å². The molecule has 152 valence electrons. The predicted octanol–water partition coefficient (Wildman–Crippen LogP) is 3.83. The van der Waals surface area contributed by atoms with E-state index in [0.29, 0.717) is 6.61 Å². The molecule has 0 radical (unpaired) electrons. The predicted molar refractivity (Wildman–Crippen MR) is 109 cm³/mol. The van der Waals surface area contributed by atoms with E-state index in [1.54, 1.807) is 0 Å². The van der Waals surface area contributed by atoms with Crippen molar-refractivity contribution < 1.29 is 9.47 Å². The first-order chi connectivity index (χ1) is 14.6. The fourth-order valence-corrected chi connectivity index (χ4v) is 5.52. The molecule has 0 saturated heterocycles. The lowest BCUT2D eigenvalue weighted by molar-refractivity contribution is 0.0860. The van der Waals surface area contributed by atoms with Crippen molar-refractivity contribution in [2.75, 3.05) is 6.61 Å². The van der Waals surface area contributed by atoms with Gasteiger partial charge in [0.2, 0.25) is 0 Å². The van der Waals surface area contributed by atoms with Crippen LogP contribution in [-0.2, 0) is 23.3 Å². The second kappa shape index (κ2) is 6.26. The summed E-state index contributed by atoms with van der Waals surface area (Å²) in [5.74, 6) is 0.803. The molecular weight excluding hydrogens is 378 g/mol. The van der Waals surface area contributed by atoms with Crippen LogP contribution in [0.1, 0.15) is 55.5 Å². The van der Waals surface area contributed by atoms with Gasteiger partial charge in [0.15, 0.2) is 0 Å². The average molecular weight is 401 g/mol. The minimum atomic E-state index is -0.217. The molecule has 0 unspecified atom stereocenters. The summed E-state index contributed by atoms with van der Waals surface area (Å²) in [4.78, 5) is 4.56. The second-order valence-corrected chi connectivity index (χ2v) is 9.06. The number of hydrogen-bond donors (Lipinski definition) is 0. The van der Waals surface area contributed by atoms with Crippen LogP contribution in [-0.4, -0.2) is 26.6 Å². The molecule has 4 aliphatic rings. The Balaban J connectivity index is 1.24. The zero-order valence-corrected chi connectivity index (χ0v) is 17.0. The number of aromatic nitrogens is 4. The number of rotatable bonds is 4. The molecule has 7 nitrogen and oxygen atoms in total. The summed E-state index contributed by atoms with van der Waals surface area (Å²) in [7, 11) is 0. The fourth-order valence-electron chi connectivity index (χ4n) is 5.52. The van der Waals surface area contributed by atoms with Gasteiger partial charge in [0.1, 0.15) is 17.5 Å². The number of pyridine rings is 1. The molecule has 3 aliphatic carbocycles. The summed E-state index contributed by atoms with van der Waals surface area (Å²) >= 11 is 0. The van der Waals surface area contributed by atoms with Gasteiger partial charge in [-0.3, -0.25) is 4.98 Å².